The van der Waals surface area contributed by atoms with Gasteiger partial charge in [0.15, 0.2) is 11.5 Å². The largest absolute Gasteiger partial charge is 0.456 e. The molecule has 2 aromatic rings. The molecule has 0 saturated heterocycles. The molecule has 3 aliphatic heterocycles. The second-order valence-electron chi connectivity index (χ2n) is 6.14. The van der Waals surface area contributed by atoms with Crippen molar-refractivity contribution in [1.82, 2.24) is 0 Å². The van der Waals surface area contributed by atoms with Crippen LogP contribution in [0.25, 0.3) is 0 Å². The number of fused-ring (bicyclic) bond motifs is 2. The lowest BCUT2D eigenvalue weighted by molar-refractivity contribution is -0.385. The number of carbonyl (C=O) groups is 1. The summed E-state index contributed by atoms with van der Waals surface area (Å²) in [5.74, 6) is 0.0442. The van der Waals surface area contributed by atoms with Crippen LogP contribution in [0.15, 0.2) is 47.7 Å². The van der Waals surface area contributed by atoms with Crippen LogP contribution in [0.4, 0.5) is 11.4 Å². The standard InChI is InChI=1S/C18H12N2O6/c21-18-17-12(7-24-18)19-11-6-15-14(25-8-26-15)5-10(11)16(17)9-3-1-2-4-13(9)20(22)23/h1-6,16,19H,7-8H2. The van der Waals surface area contributed by atoms with E-state index >= 15 is 0 Å². The molecule has 0 fully saturated rings. The van der Waals surface area contributed by atoms with Crippen LogP contribution in [0.2, 0.25) is 0 Å². The quantitative estimate of drug-likeness (QED) is 0.504. The van der Waals surface area contributed by atoms with Gasteiger partial charge in [0.05, 0.1) is 22.1 Å². The van der Waals surface area contributed by atoms with Crippen LogP contribution < -0.4 is 14.8 Å². The van der Waals surface area contributed by atoms with Gasteiger partial charge >= 0.3 is 5.97 Å². The zero-order valence-electron chi connectivity index (χ0n) is 13.4. The van der Waals surface area contributed by atoms with Gasteiger partial charge in [-0.25, -0.2) is 4.79 Å². The molecule has 130 valence electrons. The van der Waals surface area contributed by atoms with Crippen LogP contribution in [-0.2, 0) is 9.53 Å². The van der Waals surface area contributed by atoms with Crippen molar-refractivity contribution in [3.8, 4) is 11.5 Å². The van der Waals surface area contributed by atoms with E-state index in [9.17, 15) is 14.9 Å². The predicted octanol–water partition coefficient (Wildman–Crippen LogP) is 2.69. The van der Waals surface area contributed by atoms with E-state index in [-0.39, 0.29) is 19.1 Å². The van der Waals surface area contributed by atoms with Gasteiger partial charge in [-0.2, -0.15) is 0 Å². The van der Waals surface area contributed by atoms with Gasteiger partial charge in [-0.05, 0) is 11.6 Å². The number of para-hydroxylation sites is 1. The number of esters is 1. The minimum atomic E-state index is -0.618. The van der Waals surface area contributed by atoms with E-state index in [0.29, 0.717) is 33.9 Å². The first-order valence-electron chi connectivity index (χ1n) is 7.97. The maximum absolute atomic E-state index is 12.4. The highest BCUT2D eigenvalue weighted by Crippen LogP contribution is 2.50. The molecule has 0 amide bonds. The van der Waals surface area contributed by atoms with Crippen LogP contribution in [0.3, 0.4) is 0 Å². The molecular formula is C18H12N2O6. The average Bonchev–Trinajstić information content (AvgIpc) is 3.24. The highest BCUT2D eigenvalue weighted by Gasteiger charge is 2.41. The second kappa shape index (κ2) is 5.22. The molecule has 1 unspecified atom stereocenters. The third-order valence-corrected chi connectivity index (χ3v) is 4.77. The average molecular weight is 352 g/mol. The van der Waals surface area contributed by atoms with Gasteiger partial charge < -0.3 is 19.5 Å². The van der Waals surface area contributed by atoms with Gasteiger partial charge in [-0.3, -0.25) is 10.1 Å². The molecule has 3 heterocycles. The van der Waals surface area contributed by atoms with Crippen molar-refractivity contribution in [2.75, 3.05) is 18.7 Å². The highest BCUT2D eigenvalue weighted by atomic mass is 16.7. The minimum absolute atomic E-state index is 0.0467. The van der Waals surface area contributed by atoms with E-state index in [1.54, 1.807) is 30.3 Å². The van der Waals surface area contributed by atoms with Crippen LogP contribution in [0.5, 0.6) is 11.5 Å². The van der Waals surface area contributed by atoms with Crippen LogP contribution in [0, 0.1) is 10.1 Å². The van der Waals surface area contributed by atoms with Crippen molar-refractivity contribution in [2.45, 2.75) is 5.92 Å². The Labute approximate surface area is 147 Å². The van der Waals surface area contributed by atoms with Gasteiger partial charge in [0, 0.05) is 23.4 Å². The van der Waals surface area contributed by atoms with E-state index in [0.717, 1.165) is 5.69 Å². The van der Waals surface area contributed by atoms with Crippen molar-refractivity contribution in [3.05, 3.63) is 68.9 Å². The Bertz CT molecular complexity index is 1010. The van der Waals surface area contributed by atoms with Crippen LogP contribution in [0.1, 0.15) is 17.0 Å². The first-order valence-corrected chi connectivity index (χ1v) is 7.97. The number of cyclic esters (lactones) is 1. The number of nitro benzene ring substituents is 1. The molecule has 26 heavy (non-hydrogen) atoms. The summed E-state index contributed by atoms with van der Waals surface area (Å²) in [6.45, 7) is 0.225. The molecular weight excluding hydrogens is 340 g/mol. The number of anilines is 1. The number of rotatable bonds is 2. The molecule has 3 aliphatic rings. The van der Waals surface area contributed by atoms with Crippen molar-refractivity contribution < 1.29 is 23.9 Å². The Balaban J connectivity index is 1.77. The first-order chi connectivity index (χ1) is 12.6. The smallest absolute Gasteiger partial charge is 0.337 e. The Morgan fingerprint density at radius 1 is 1.08 bits per heavy atom. The van der Waals surface area contributed by atoms with Gasteiger partial charge in [0.1, 0.15) is 6.61 Å². The summed E-state index contributed by atoms with van der Waals surface area (Å²) in [5.41, 5.74) is 2.82. The third-order valence-electron chi connectivity index (χ3n) is 4.77. The van der Waals surface area contributed by atoms with Crippen LogP contribution in [-0.4, -0.2) is 24.3 Å². The summed E-state index contributed by atoms with van der Waals surface area (Å²) in [4.78, 5) is 23.5. The fourth-order valence-corrected chi connectivity index (χ4v) is 3.66. The molecule has 2 aromatic carbocycles. The SMILES string of the molecule is O=C1OCC2=C1C(c1ccccc1[N+](=O)[O-])c1cc3c(cc1N2)OCO3. The molecule has 0 bridgehead atoms. The predicted molar refractivity (Wildman–Crippen MR) is 89.1 cm³/mol. The normalized spacial score (nSPS) is 19.5. The van der Waals surface area contributed by atoms with Crippen molar-refractivity contribution in [1.29, 1.82) is 0 Å². The highest BCUT2D eigenvalue weighted by molar-refractivity contribution is 5.97. The molecule has 8 nitrogen and oxygen atoms in total. The molecule has 0 saturated carbocycles. The van der Waals surface area contributed by atoms with Crippen molar-refractivity contribution in [2.24, 2.45) is 0 Å². The zero-order valence-corrected chi connectivity index (χ0v) is 13.4. The number of benzene rings is 2. The molecule has 1 N–H and O–H groups in total. The molecule has 0 radical (unpaired) electrons. The third kappa shape index (κ3) is 1.98. The molecule has 1 atom stereocenters. The zero-order chi connectivity index (χ0) is 17.8. The Morgan fingerprint density at radius 3 is 2.65 bits per heavy atom. The Kier molecular flexibility index (Phi) is 2.96. The Hall–Kier alpha value is -3.55. The van der Waals surface area contributed by atoms with E-state index in [1.807, 2.05) is 0 Å². The number of nitrogens with zero attached hydrogens (tertiary/aromatic N) is 1. The van der Waals surface area contributed by atoms with E-state index in [4.69, 9.17) is 14.2 Å². The van der Waals surface area contributed by atoms with E-state index < -0.39 is 16.8 Å². The number of carbonyl (C=O) groups excluding carboxylic acids is 1. The number of nitrogens with one attached hydrogen (secondary N) is 1. The van der Waals surface area contributed by atoms with Gasteiger partial charge in [-0.1, -0.05) is 18.2 Å². The Morgan fingerprint density at radius 2 is 1.85 bits per heavy atom. The molecule has 8 heteroatoms. The number of ether oxygens (including phenoxy) is 3. The van der Waals surface area contributed by atoms with Crippen molar-refractivity contribution >= 4 is 17.3 Å². The monoisotopic (exact) mass is 352 g/mol. The number of hydrogen-bond donors (Lipinski definition) is 1. The molecule has 0 spiro atoms. The summed E-state index contributed by atoms with van der Waals surface area (Å²) >= 11 is 0. The summed E-state index contributed by atoms with van der Waals surface area (Å²) < 4.78 is 16.0. The lowest BCUT2D eigenvalue weighted by atomic mass is 9.80. The van der Waals surface area contributed by atoms with Gasteiger partial charge in [0.25, 0.3) is 5.69 Å². The van der Waals surface area contributed by atoms with Gasteiger partial charge in [0.2, 0.25) is 6.79 Å². The van der Waals surface area contributed by atoms with Crippen LogP contribution >= 0.6 is 0 Å². The summed E-state index contributed by atoms with van der Waals surface area (Å²) in [5, 5.41) is 14.7. The summed E-state index contributed by atoms with van der Waals surface area (Å²) in [7, 11) is 0. The fourth-order valence-electron chi connectivity index (χ4n) is 3.66. The number of hydrogen-bond acceptors (Lipinski definition) is 7. The fraction of sp³-hybridized carbons (Fsp3) is 0.167. The molecule has 0 aliphatic carbocycles. The maximum atomic E-state index is 12.4. The number of nitro groups is 1. The lowest BCUT2D eigenvalue weighted by Gasteiger charge is -2.27. The van der Waals surface area contributed by atoms with E-state index in [2.05, 4.69) is 5.32 Å². The van der Waals surface area contributed by atoms with Gasteiger partial charge in [-0.15, -0.1) is 0 Å². The molecule has 5 rings (SSSR count). The maximum Gasteiger partial charge on any atom is 0.337 e. The summed E-state index contributed by atoms with van der Waals surface area (Å²) in [6, 6.07) is 9.97. The summed E-state index contributed by atoms with van der Waals surface area (Å²) in [6.07, 6.45) is 0. The lowest BCUT2D eigenvalue weighted by Crippen LogP contribution is -2.20. The first kappa shape index (κ1) is 14.8. The molecule has 0 aromatic heterocycles. The van der Waals surface area contributed by atoms with Crippen molar-refractivity contribution in [3.63, 3.8) is 0 Å². The minimum Gasteiger partial charge on any atom is -0.456 e. The second-order valence-corrected chi connectivity index (χ2v) is 6.14. The van der Waals surface area contributed by atoms with E-state index in [1.165, 1.54) is 6.07 Å². The topological polar surface area (TPSA) is 99.9 Å².